The van der Waals surface area contributed by atoms with E-state index < -0.39 is 0 Å². The lowest BCUT2D eigenvalue weighted by Gasteiger charge is -2.12. The molecule has 3 N–H and O–H groups in total. The Morgan fingerprint density at radius 2 is 1.78 bits per heavy atom. The maximum Gasteiger partial charge on any atom is 0.230 e. The number of nitrogens with one attached hydrogen (secondary N) is 1. The summed E-state index contributed by atoms with van der Waals surface area (Å²) in [5.41, 5.74) is 7.09. The molecule has 0 aliphatic rings. The van der Waals surface area contributed by atoms with Gasteiger partial charge in [-0.05, 0) is 31.2 Å². The number of carbonyl (C=O) groups is 1. The Hall–Kier alpha value is -2.60. The quantitative estimate of drug-likeness (QED) is 0.556. The van der Waals surface area contributed by atoms with Gasteiger partial charge in [-0.2, -0.15) is 0 Å². The van der Waals surface area contributed by atoms with Crippen LogP contribution >= 0.6 is 11.8 Å². The number of nitrogens with two attached hydrogens (primary N) is 1. The van der Waals surface area contributed by atoms with Gasteiger partial charge in [-0.25, -0.2) is 9.97 Å². The van der Waals surface area contributed by atoms with Crippen LogP contribution in [0.3, 0.4) is 0 Å². The molecule has 1 atom stereocenters. The second-order valence-electron chi connectivity index (χ2n) is 5.03. The highest BCUT2D eigenvalue weighted by molar-refractivity contribution is 8.00. The third-order valence-corrected chi connectivity index (χ3v) is 4.28. The molecule has 0 saturated heterocycles. The van der Waals surface area contributed by atoms with E-state index in [0.29, 0.717) is 11.0 Å². The zero-order valence-corrected chi connectivity index (χ0v) is 13.4. The van der Waals surface area contributed by atoms with Gasteiger partial charge < -0.3 is 11.1 Å². The molecule has 1 amide bonds. The first-order valence-corrected chi connectivity index (χ1v) is 8.06. The van der Waals surface area contributed by atoms with E-state index in [0.717, 1.165) is 16.6 Å². The SMILES string of the molecule is C[C@H](Sc1nc(Nc2ccccc2)c2ccccc2n1)C(N)=O. The lowest BCUT2D eigenvalue weighted by molar-refractivity contribution is -0.117. The predicted molar refractivity (Wildman–Crippen MR) is 93.8 cm³/mol. The van der Waals surface area contributed by atoms with E-state index in [-0.39, 0.29) is 11.2 Å². The summed E-state index contributed by atoms with van der Waals surface area (Å²) >= 11 is 1.25. The van der Waals surface area contributed by atoms with Gasteiger partial charge in [-0.1, -0.05) is 42.1 Å². The number of thioether (sulfide) groups is 1. The molecule has 0 fully saturated rings. The standard InChI is InChI=1S/C17H16N4OS/c1-11(15(18)22)23-17-20-14-10-6-5-9-13(14)16(21-17)19-12-7-3-2-4-8-12/h2-11H,1H3,(H2,18,22)(H,19,20,21)/t11-/m0/s1. The van der Waals surface area contributed by atoms with Gasteiger partial charge in [-0.15, -0.1) is 0 Å². The third-order valence-electron chi connectivity index (χ3n) is 3.30. The minimum absolute atomic E-state index is 0.385. The molecule has 3 aromatic rings. The molecule has 2 aromatic carbocycles. The summed E-state index contributed by atoms with van der Waals surface area (Å²) in [6.07, 6.45) is 0. The van der Waals surface area contributed by atoms with Gasteiger partial charge in [-0.3, -0.25) is 4.79 Å². The molecular formula is C17H16N4OS. The van der Waals surface area contributed by atoms with Gasteiger partial charge >= 0.3 is 0 Å². The minimum Gasteiger partial charge on any atom is -0.369 e. The molecule has 0 bridgehead atoms. The van der Waals surface area contributed by atoms with Crippen LogP contribution in [0.1, 0.15) is 6.92 Å². The number of rotatable bonds is 5. The van der Waals surface area contributed by atoms with E-state index >= 15 is 0 Å². The monoisotopic (exact) mass is 324 g/mol. The van der Waals surface area contributed by atoms with Gasteiger partial charge in [0.25, 0.3) is 0 Å². The first kappa shape index (κ1) is 15.3. The number of anilines is 2. The third kappa shape index (κ3) is 3.60. The number of amides is 1. The van der Waals surface area contributed by atoms with Crippen molar-refractivity contribution < 1.29 is 4.79 Å². The van der Waals surface area contributed by atoms with Crippen molar-refractivity contribution in [3.8, 4) is 0 Å². The first-order chi connectivity index (χ1) is 11.1. The van der Waals surface area contributed by atoms with Crippen LogP contribution in [-0.2, 0) is 4.79 Å². The summed E-state index contributed by atoms with van der Waals surface area (Å²) in [6.45, 7) is 1.75. The van der Waals surface area contributed by atoms with Gasteiger partial charge in [0.05, 0.1) is 10.8 Å². The molecule has 23 heavy (non-hydrogen) atoms. The molecule has 0 saturated carbocycles. The normalized spacial score (nSPS) is 12.0. The van der Waals surface area contributed by atoms with Crippen LogP contribution in [0.4, 0.5) is 11.5 Å². The summed E-state index contributed by atoms with van der Waals surface area (Å²) in [5.74, 6) is 0.324. The zero-order chi connectivity index (χ0) is 16.2. The van der Waals surface area contributed by atoms with E-state index in [1.54, 1.807) is 6.92 Å². The molecule has 0 aliphatic carbocycles. The van der Waals surface area contributed by atoms with Gasteiger partial charge in [0.2, 0.25) is 5.91 Å². The van der Waals surface area contributed by atoms with Gasteiger partial charge in [0, 0.05) is 11.1 Å². The van der Waals surface area contributed by atoms with Gasteiger partial charge in [0.1, 0.15) is 5.82 Å². The number of carbonyl (C=O) groups excluding carboxylic acids is 1. The molecule has 1 heterocycles. The highest BCUT2D eigenvalue weighted by Crippen LogP contribution is 2.28. The topological polar surface area (TPSA) is 80.9 Å². The van der Waals surface area contributed by atoms with Gasteiger partial charge in [0.15, 0.2) is 5.16 Å². The highest BCUT2D eigenvalue weighted by Gasteiger charge is 2.15. The number of benzene rings is 2. The largest absolute Gasteiger partial charge is 0.369 e. The van der Waals surface area contributed by atoms with E-state index in [1.165, 1.54) is 11.8 Å². The lowest BCUT2D eigenvalue weighted by Crippen LogP contribution is -2.22. The van der Waals surface area contributed by atoms with Crippen molar-refractivity contribution in [2.75, 3.05) is 5.32 Å². The van der Waals surface area contributed by atoms with Crippen molar-refractivity contribution in [1.82, 2.24) is 9.97 Å². The van der Waals surface area contributed by atoms with E-state index in [2.05, 4.69) is 15.3 Å². The fourth-order valence-electron chi connectivity index (χ4n) is 2.08. The Balaban J connectivity index is 2.02. The van der Waals surface area contributed by atoms with Crippen molar-refractivity contribution in [3.63, 3.8) is 0 Å². The van der Waals surface area contributed by atoms with Crippen LogP contribution in [-0.4, -0.2) is 21.1 Å². The Bertz CT molecular complexity index is 838. The van der Waals surface area contributed by atoms with Crippen molar-refractivity contribution in [2.45, 2.75) is 17.3 Å². The Morgan fingerprint density at radius 3 is 2.52 bits per heavy atom. The molecule has 1 aromatic heterocycles. The Kier molecular flexibility index (Phi) is 4.43. The number of nitrogens with zero attached hydrogens (tertiary/aromatic N) is 2. The molecule has 0 radical (unpaired) electrons. The van der Waals surface area contributed by atoms with Crippen LogP contribution < -0.4 is 11.1 Å². The fourth-order valence-corrected chi connectivity index (χ4v) is 2.81. The summed E-state index contributed by atoms with van der Waals surface area (Å²) in [6, 6.07) is 17.6. The minimum atomic E-state index is -0.388. The molecule has 116 valence electrons. The Labute approximate surface area is 138 Å². The average Bonchev–Trinajstić information content (AvgIpc) is 2.55. The number of para-hydroxylation sites is 2. The van der Waals surface area contributed by atoms with Crippen LogP contribution in [0, 0.1) is 0 Å². The smallest absolute Gasteiger partial charge is 0.230 e. The van der Waals surface area contributed by atoms with E-state index in [9.17, 15) is 4.79 Å². The molecule has 6 heteroatoms. The summed E-state index contributed by atoms with van der Waals surface area (Å²) in [4.78, 5) is 20.3. The number of hydrogen-bond acceptors (Lipinski definition) is 5. The number of fused-ring (bicyclic) bond motifs is 1. The first-order valence-electron chi connectivity index (χ1n) is 7.18. The molecule has 5 nitrogen and oxygen atoms in total. The lowest BCUT2D eigenvalue weighted by atomic mass is 10.2. The molecule has 3 rings (SSSR count). The average molecular weight is 324 g/mol. The van der Waals surface area contributed by atoms with Crippen molar-refractivity contribution in [1.29, 1.82) is 0 Å². The maximum atomic E-state index is 11.3. The van der Waals surface area contributed by atoms with Crippen molar-refractivity contribution >= 4 is 40.1 Å². The second-order valence-corrected chi connectivity index (χ2v) is 6.33. The van der Waals surface area contributed by atoms with Crippen LogP contribution in [0.25, 0.3) is 10.9 Å². The van der Waals surface area contributed by atoms with Crippen LogP contribution in [0.2, 0.25) is 0 Å². The number of primary amides is 1. The molecule has 0 aliphatic heterocycles. The van der Waals surface area contributed by atoms with E-state index in [1.807, 2.05) is 54.6 Å². The maximum absolute atomic E-state index is 11.3. The van der Waals surface area contributed by atoms with Crippen molar-refractivity contribution in [3.05, 3.63) is 54.6 Å². The highest BCUT2D eigenvalue weighted by atomic mass is 32.2. The zero-order valence-electron chi connectivity index (χ0n) is 12.6. The summed E-state index contributed by atoms with van der Waals surface area (Å²) in [7, 11) is 0. The summed E-state index contributed by atoms with van der Waals surface area (Å²) < 4.78 is 0. The van der Waals surface area contributed by atoms with Crippen LogP contribution in [0.5, 0.6) is 0 Å². The van der Waals surface area contributed by atoms with E-state index in [4.69, 9.17) is 5.73 Å². The van der Waals surface area contributed by atoms with Crippen LogP contribution in [0.15, 0.2) is 59.8 Å². The van der Waals surface area contributed by atoms with Crippen molar-refractivity contribution in [2.24, 2.45) is 5.73 Å². The Morgan fingerprint density at radius 1 is 1.09 bits per heavy atom. The molecular weight excluding hydrogens is 308 g/mol. The predicted octanol–water partition coefficient (Wildman–Crippen LogP) is 3.34. The second kappa shape index (κ2) is 6.66. The molecule has 0 unspecified atom stereocenters. The molecule has 0 spiro atoms. The summed E-state index contributed by atoms with van der Waals surface area (Å²) in [5, 5.41) is 4.37. The fraction of sp³-hybridized carbons (Fsp3) is 0.118. The number of aromatic nitrogens is 2. The number of hydrogen-bond donors (Lipinski definition) is 2.